The van der Waals surface area contributed by atoms with Crippen molar-refractivity contribution in [3.05, 3.63) is 46.0 Å². The van der Waals surface area contributed by atoms with Crippen molar-refractivity contribution in [1.29, 1.82) is 0 Å². The second-order valence-corrected chi connectivity index (χ2v) is 4.07. The number of allylic oxidation sites excluding steroid dienone is 2. The summed E-state index contributed by atoms with van der Waals surface area (Å²) in [5, 5.41) is 0.320. The minimum absolute atomic E-state index is 0.0237. The Hall–Kier alpha value is -0.930. The zero-order chi connectivity index (χ0) is 11.0. The molecule has 4 heteroatoms. The fourth-order valence-corrected chi connectivity index (χ4v) is 2.47. The van der Waals surface area contributed by atoms with Crippen LogP contribution in [0.4, 0.5) is 0 Å². The van der Waals surface area contributed by atoms with Crippen LogP contribution in [0.15, 0.2) is 34.9 Å². The van der Waals surface area contributed by atoms with Crippen molar-refractivity contribution in [3.63, 3.8) is 0 Å². The average Bonchev–Trinajstić information content (AvgIpc) is 2.27. The largest absolute Gasteiger partial charge is 0.289 e. The summed E-state index contributed by atoms with van der Waals surface area (Å²) in [4.78, 5) is 23.6. The van der Waals surface area contributed by atoms with Gasteiger partial charge in [0.25, 0.3) is 0 Å². The molecule has 0 spiro atoms. The van der Waals surface area contributed by atoms with Gasteiger partial charge in [-0.2, -0.15) is 0 Å². The average molecular weight is 286 g/mol. The van der Waals surface area contributed by atoms with E-state index in [0.717, 1.165) is 0 Å². The maximum Gasteiger partial charge on any atom is 0.205 e. The molecule has 0 aliphatic heterocycles. The van der Waals surface area contributed by atoms with Crippen LogP contribution in [0.5, 0.6) is 0 Å². The van der Waals surface area contributed by atoms with Crippen molar-refractivity contribution in [2.75, 3.05) is 5.33 Å². The summed E-state index contributed by atoms with van der Waals surface area (Å²) in [7, 11) is 0. The van der Waals surface area contributed by atoms with Gasteiger partial charge in [0.15, 0.2) is 5.78 Å². The van der Waals surface area contributed by atoms with E-state index in [1.807, 2.05) is 0 Å². The molecule has 76 valence electrons. The van der Waals surface area contributed by atoms with Crippen LogP contribution in [0.3, 0.4) is 0 Å². The van der Waals surface area contributed by atoms with Crippen LogP contribution in [-0.2, 0) is 0 Å². The quantitative estimate of drug-likeness (QED) is 0.744. The molecule has 0 aromatic heterocycles. The first-order valence-corrected chi connectivity index (χ1v) is 5.79. The number of hydrogen-bond donors (Lipinski definition) is 0. The second kappa shape index (κ2) is 3.91. The van der Waals surface area contributed by atoms with Crippen LogP contribution in [-0.4, -0.2) is 16.9 Å². The molecule has 1 aliphatic carbocycles. The minimum Gasteiger partial charge on any atom is -0.289 e. The van der Waals surface area contributed by atoms with Crippen molar-refractivity contribution in [1.82, 2.24) is 0 Å². The number of benzene rings is 1. The molecule has 0 fully saturated rings. The van der Waals surface area contributed by atoms with Gasteiger partial charge in [-0.3, -0.25) is 9.59 Å². The molecule has 0 amide bonds. The Labute approximate surface area is 100 Å². The predicted molar refractivity (Wildman–Crippen MR) is 61.8 cm³/mol. The highest BCUT2D eigenvalue weighted by Gasteiger charge is 2.29. The van der Waals surface area contributed by atoms with E-state index in [1.165, 1.54) is 0 Å². The number of halogens is 2. The second-order valence-electron chi connectivity index (χ2n) is 3.13. The lowest BCUT2D eigenvalue weighted by atomic mass is 9.90. The first kappa shape index (κ1) is 10.6. The smallest absolute Gasteiger partial charge is 0.205 e. The molecule has 0 N–H and O–H groups in total. The van der Waals surface area contributed by atoms with Gasteiger partial charge < -0.3 is 0 Å². The molecule has 0 bridgehead atoms. The highest BCUT2D eigenvalue weighted by Crippen LogP contribution is 2.29. The Morgan fingerprint density at radius 2 is 1.60 bits per heavy atom. The van der Waals surface area contributed by atoms with Crippen molar-refractivity contribution >= 4 is 39.1 Å². The van der Waals surface area contributed by atoms with Gasteiger partial charge in [0.2, 0.25) is 5.78 Å². The normalized spacial score (nSPS) is 15.6. The number of Topliss-reactive ketones (excluding diaryl/α,β-unsaturated/α-hetero) is 2. The molecule has 0 atom stereocenters. The fourth-order valence-electron chi connectivity index (χ4n) is 1.52. The monoisotopic (exact) mass is 284 g/mol. The Kier molecular flexibility index (Phi) is 2.76. The molecule has 15 heavy (non-hydrogen) atoms. The summed E-state index contributed by atoms with van der Waals surface area (Å²) in [5.74, 6) is -0.451. The molecule has 2 nitrogen and oxygen atoms in total. The molecule has 1 aliphatic rings. The third kappa shape index (κ3) is 1.56. The number of rotatable bonds is 1. The van der Waals surface area contributed by atoms with E-state index >= 15 is 0 Å². The molecule has 0 saturated carbocycles. The molecule has 0 heterocycles. The van der Waals surface area contributed by atoms with Crippen LogP contribution in [0.2, 0.25) is 0 Å². The van der Waals surface area contributed by atoms with Crippen molar-refractivity contribution in [2.45, 2.75) is 0 Å². The number of fused-ring (bicyclic) bond motifs is 1. The van der Waals surface area contributed by atoms with E-state index in [9.17, 15) is 9.59 Å². The molecule has 0 saturated heterocycles. The van der Waals surface area contributed by atoms with Crippen LogP contribution in [0.1, 0.15) is 20.7 Å². The van der Waals surface area contributed by atoms with Crippen molar-refractivity contribution in [2.24, 2.45) is 0 Å². The number of carbonyl (C=O) groups is 2. The molecule has 0 unspecified atom stereocenters. The first-order chi connectivity index (χ1) is 7.16. The van der Waals surface area contributed by atoms with Gasteiger partial charge in [0.1, 0.15) is 0 Å². The van der Waals surface area contributed by atoms with E-state index in [0.29, 0.717) is 22.0 Å². The van der Waals surface area contributed by atoms with Crippen LogP contribution >= 0.6 is 27.5 Å². The SMILES string of the molecule is O=C1C(Cl)=C(CBr)C(=O)c2ccccc21. The summed E-state index contributed by atoms with van der Waals surface area (Å²) >= 11 is 8.99. The standard InChI is InChI=1S/C11H6BrClO2/c12-5-8-9(13)11(15)7-4-2-1-3-6(7)10(8)14/h1-4H,5H2. The number of alkyl halides is 1. The molecule has 0 radical (unpaired) electrons. The Balaban J connectivity index is 2.68. The summed E-state index contributed by atoms with van der Waals surface area (Å²) in [5.41, 5.74) is 1.15. The van der Waals surface area contributed by atoms with Gasteiger partial charge >= 0.3 is 0 Å². The molecule has 1 aromatic rings. The van der Waals surface area contributed by atoms with Gasteiger partial charge in [0.05, 0.1) is 5.03 Å². The van der Waals surface area contributed by atoms with Crippen LogP contribution < -0.4 is 0 Å². The topological polar surface area (TPSA) is 34.1 Å². The highest BCUT2D eigenvalue weighted by molar-refractivity contribution is 9.09. The van der Waals surface area contributed by atoms with E-state index in [-0.39, 0.29) is 16.6 Å². The van der Waals surface area contributed by atoms with E-state index < -0.39 is 0 Å². The Morgan fingerprint density at radius 1 is 1.07 bits per heavy atom. The molecule has 2 rings (SSSR count). The van der Waals surface area contributed by atoms with E-state index in [2.05, 4.69) is 15.9 Å². The van der Waals surface area contributed by atoms with Crippen molar-refractivity contribution in [3.8, 4) is 0 Å². The van der Waals surface area contributed by atoms with Gasteiger partial charge in [-0.25, -0.2) is 0 Å². The van der Waals surface area contributed by atoms with Gasteiger partial charge in [0, 0.05) is 22.0 Å². The Morgan fingerprint density at radius 3 is 2.13 bits per heavy atom. The zero-order valence-electron chi connectivity index (χ0n) is 7.59. The van der Waals surface area contributed by atoms with Gasteiger partial charge in [-0.15, -0.1) is 0 Å². The Bertz CT molecular complexity index is 491. The highest BCUT2D eigenvalue weighted by atomic mass is 79.9. The zero-order valence-corrected chi connectivity index (χ0v) is 9.93. The summed E-state index contributed by atoms with van der Waals surface area (Å²) in [6.07, 6.45) is 0. The summed E-state index contributed by atoms with van der Waals surface area (Å²) in [6.45, 7) is 0. The van der Waals surface area contributed by atoms with E-state index in [4.69, 9.17) is 11.6 Å². The fraction of sp³-hybridized carbons (Fsp3) is 0.0909. The molecular formula is C11H6BrClO2. The van der Waals surface area contributed by atoms with Crippen LogP contribution in [0.25, 0.3) is 0 Å². The van der Waals surface area contributed by atoms with Gasteiger partial charge in [-0.05, 0) is 0 Å². The molecular weight excluding hydrogens is 279 g/mol. The third-order valence-corrected chi connectivity index (χ3v) is 3.25. The lowest BCUT2D eigenvalue weighted by Gasteiger charge is -2.15. The van der Waals surface area contributed by atoms with Crippen molar-refractivity contribution < 1.29 is 9.59 Å². The summed E-state index contributed by atoms with van der Waals surface area (Å²) in [6, 6.07) is 6.70. The maximum atomic E-state index is 11.9. The maximum absolute atomic E-state index is 11.9. The summed E-state index contributed by atoms with van der Waals surface area (Å²) < 4.78 is 0. The predicted octanol–water partition coefficient (Wildman–Crippen LogP) is 2.95. The van der Waals surface area contributed by atoms with E-state index in [1.54, 1.807) is 24.3 Å². The lowest BCUT2D eigenvalue weighted by molar-refractivity contribution is 0.0981. The first-order valence-electron chi connectivity index (χ1n) is 4.30. The molecule has 1 aromatic carbocycles. The third-order valence-electron chi connectivity index (χ3n) is 2.29. The number of ketones is 2. The van der Waals surface area contributed by atoms with Crippen LogP contribution in [0, 0.1) is 0 Å². The number of carbonyl (C=O) groups excluding carboxylic acids is 2. The lowest BCUT2D eigenvalue weighted by Crippen LogP contribution is -2.20. The minimum atomic E-state index is -0.277. The number of hydrogen-bond acceptors (Lipinski definition) is 2. The van der Waals surface area contributed by atoms with Gasteiger partial charge in [-0.1, -0.05) is 51.8 Å².